The number of anilines is 1. The summed E-state index contributed by atoms with van der Waals surface area (Å²) in [6.07, 6.45) is 0.961. The van der Waals surface area contributed by atoms with E-state index in [9.17, 15) is 0 Å². The summed E-state index contributed by atoms with van der Waals surface area (Å²) in [6, 6.07) is 15.7. The second-order valence-electron chi connectivity index (χ2n) is 4.89. The number of aryl methyl sites for hydroxylation is 1. The summed E-state index contributed by atoms with van der Waals surface area (Å²) in [6.45, 7) is 3.23. The topological polar surface area (TPSA) is 42.5 Å². The molecule has 0 saturated heterocycles. The van der Waals surface area contributed by atoms with Crippen molar-refractivity contribution in [3.63, 3.8) is 0 Å². The number of hydrogen-bond acceptors (Lipinski definition) is 3. The van der Waals surface area contributed by atoms with Gasteiger partial charge in [-0.3, -0.25) is 0 Å². The molecule has 2 rings (SSSR count). The molecule has 2 aromatic carbocycles. The SMILES string of the molecule is CCc1ccccc1NC(=S)NCCOc1ccccc1OC. The Hall–Kier alpha value is -2.27. The highest BCUT2D eigenvalue weighted by atomic mass is 32.1. The Bertz CT molecular complexity index is 646. The third kappa shape index (κ3) is 5.14. The minimum atomic E-state index is 0.498. The van der Waals surface area contributed by atoms with Crippen LogP contribution in [0.25, 0.3) is 0 Å². The molecule has 0 amide bonds. The number of ether oxygens (including phenoxy) is 2. The fourth-order valence-corrected chi connectivity index (χ4v) is 2.39. The molecule has 0 unspecified atom stereocenters. The Morgan fingerprint density at radius 3 is 2.48 bits per heavy atom. The Labute approximate surface area is 142 Å². The van der Waals surface area contributed by atoms with E-state index in [1.54, 1.807) is 7.11 Å². The van der Waals surface area contributed by atoms with Gasteiger partial charge in [-0.25, -0.2) is 0 Å². The first-order valence-electron chi connectivity index (χ1n) is 7.63. The number of thiocarbonyl (C=S) groups is 1. The van der Waals surface area contributed by atoms with Crippen molar-refractivity contribution in [2.45, 2.75) is 13.3 Å². The summed E-state index contributed by atoms with van der Waals surface area (Å²) in [4.78, 5) is 0. The first kappa shape index (κ1) is 17.1. The van der Waals surface area contributed by atoms with Crippen molar-refractivity contribution in [1.82, 2.24) is 5.32 Å². The third-order valence-corrected chi connectivity index (χ3v) is 3.61. The van der Waals surface area contributed by atoms with Crippen molar-refractivity contribution in [2.24, 2.45) is 0 Å². The zero-order valence-electron chi connectivity index (χ0n) is 13.5. The van der Waals surface area contributed by atoms with Crippen molar-refractivity contribution >= 4 is 23.0 Å². The summed E-state index contributed by atoms with van der Waals surface area (Å²) in [5, 5.41) is 6.96. The molecule has 0 aliphatic rings. The van der Waals surface area contributed by atoms with Gasteiger partial charge in [0.2, 0.25) is 0 Å². The number of hydrogen-bond donors (Lipinski definition) is 2. The van der Waals surface area contributed by atoms with Crippen LogP contribution in [0.3, 0.4) is 0 Å². The third-order valence-electron chi connectivity index (χ3n) is 3.36. The second kappa shape index (κ2) is 9.00. The summed E-state index contributed by atoms with van der Waals surface area (Å²) < 4.78 is 10.9. The van der Waals surface area contributed by atoms with Gasteiger partial charge in [0, 0.05) is 5.69 Å². The fourth-order valence-electron chi connectivity index (χ4n) is 2.18. The Morgan fingerprint density at radius 1 is 1.04 bits per heavy atom. The lowest BCUT2D eigenvalue weighted by Gasteiger charge is -2.14. The molecule has 122 valence electrons. The zero-order chi connectivity index (χ0) is 16.5. The van der Waals surface area contributed by atoms with Crippen molar-refractivity contribution in [2.75, 3.05) is 25.6 Å². The monoisotopic (exact) mass is 330 g/mol. The van der Waals surface area contributed by atoms with Crippen LogP contribution >= 0.6 is 12.2 Å². The quantitative estimate of drug-likeness (QED) is 0.599. The maximum atomic E-state index is 5.70. The largest absolute Gasteiger partial charge is 0.493 e. The molecule has 0 spiro atoms. The molecule has 5 heteroatoms. The number of methoxy groups -OCH3 is 1. The molecule has 0 saturated carbocycles. The van der Waals surface area contributed by atoms with Gasteiger partial charge < -0.3 is 20.1 Å². The van der Waals surface area contributed by atoms with E-state index in [1.807, 2.05) is 42.5 Å². The molecule has 23 heavy (non-hydrogen) atoms. The molecule has 2 aromatic rings. The van der Waals surface area contributed by atoms with Gasteiger partial charge in [-0.05, 0) is 42.4 Å². The Balaban J connectivity index is 1.77. The normalized spacial score (nSPS) is 10.0. The minimum absolute atomic E-state index is 0.498. The molecular formula is C18H22N2O2S. The lowest BCUT2D eigenvalue weighted by molar-refractivity contribution is 0.298. The van der Waals surface area contributed by atoms with Gasteiger partial charge in [-0.15, -0.1) is 0 Å². The first-order chi connectivity index (χ1) is 11.2. The van der Waals surface area contributed by atoms with E-state index >= 15 is 0 Å². The van der Waals surface area contributed by atoms with E-state index in [1.165, 1.54) is 5.56 Å². The smallest absolute Gasteiger partial charge is 0.170 e. The van der Waals surface area contributed by atoms with Gasteiger partial charge in [0.1, 0.15) is 6.61 Å². The van der Waals surface area contributed by atoms with Crippen LogP contribution in [0.4, 0.5) is 5.69 Å². The molecular weight excluding hydrogens is 308 g/mol. The van der Waals surface area contributed by atoms with Crippen molar-refractivity contribution in [1.29, 1.82) is 0 Å². The van der Waals surface area contributed by atoms with Gasteiger partial charge in [-0.1, -0.05) is 37.3 Å². The maximum absolute atomic E-state index is 5.70. The summed E-state index contributed by atoms with van der Waals surface area (Å²) in [5.74, 6) is 1.46. The predicted molar refractivity (Wildman–Crippen MR) is 98.5 cm³/mol. The van der Waals surface area contributed by atoms with Crippen LogP contribution in [0.5, 0.6) is 11.5 Å². The molecule has 0 aromatic heterocycles. The minimum Gasteiger partial charge on any atom is -0.493 e. The standard InChI is InChI=1S/C18H22N2O2S/c1-3-14-8-4-5-9-15(14)20-18(23)19-12-13-22-17-11-7-6-10-16(17)21-2/h4-11H,3,12-13H2,1-2H3,(H2,19,20,23). The molecule has 4 nitrogen and oxygen atoms in total. The van der Waals surface area contributed by atoms with E-state index in [4.69, 9.17) is 21.7 Å². The number of nitrogens with one attached hydrogen (secondary N) is 2. The lowest BCUT2D eigenvalue weighted by atomic mass is 10.1. The second-order valence-corrected chi connectivity index (χ2v) is 5.30. The molecule has 0 bridgehead atoms. The van der Waals surface area contributed by atoms with Crippen LogP contribution < -0.4 is 20.1 Å². The van der Waals surface area contributed by atoms with Crippen LogP contribution in [-0.2, 0) is 6.42 Å². The number of rotatable bonds is 7. The molecule has 0 heterocycles. The average Bonchev–Trinajstić information content (AvgIpc) is 2.59. The Morgan fingerprint density at radius 2 is 1.74 bits per heavy atom. The first-order valence-corrected chi connectivity index (χ1v) is 8.04. The molecule has 0 aliphatic carbocycles. The van der Waals surface area contributed by atoms with Crippen LogP contribution in [0.2, 0.25) is 0 Å². The molecule has 0 radical (unpaired) electrons. The average molecular weight is 330 g/mol. The zero-order valence-corrected chi connectivity index (χ0v) is 14.3. The number of benzene rings is 2. The summed E-state index contributed by atoms with van der Waals surface area (Å²) in [7, 11) is 1.63. The molecule has 2 N–H and O–H groups in total. The number of para-hydroxylation sites is 3. The van der Waals surface area contributed by atoms with E-state index in [0.717, 1.165) is 23.6 Å². The highest BCUT2D eigenvalue weighted by Crippen LogP contribution is 2.25. The van der Waals surface area contributed by atoms with Crippen LogP contribution in [0.1, 0.15) is 12.5 Å². The highest BCUT2D eigenvalue weighted by molar-refractivity contribution is 7.80. The summed E-state index contributed by atoms with van der Waals surface area (Å²) in [5.41, 5.74) is 2.28. The van der Waals surface area contributed by atoms with Gasteiger partial charge in [0.25, 0.3) is 0 Å². The van der Waals surface area contributed by atoms with Crippen molar-refractivity contribution in [3.05, 3.63) is 54.1 Å². The van der Waals surface area contributed by atoms with Gasteiger partial charge >= 0.3 is 0 Å². The predicted octanol–water partition coefficient (Wildman–Crippen LogP) is 3.62. The maximum Gasteiger partial charge on any atom is 0.170 e. The fraction of sp³-hybridized carbons (Fsp3) is 0.278. The lowest BCUT2D eigenvalue weighted by Crippen LogP contribution is -2.32. The Kier molecular flexibility index (Phi) is 6.69. The van der Waals surface area contributed by atoms with Crippen molar-refractivity contribution < 1.29 is 9.47 Å². The van der Waals surface area contributed by atoms with Gasteiger partial charge in [-0.2, -0.15) is 0 Å². The van der Waals surface area contributed by atoms with Crippen molar-refractivity contribution in [3.8, 4) is 11.5 Å². The van der Waals surface area contributed by atoms with Gasteiger partial charge in [0.05, 0.1) is 13.7 Å². The van der Waals surface area contributed by atoms with Crippen LogP contribution in [0.15, 0.2) is 48.5 Å². The molecule has 0 fully saturated rings. The van der Waals surface area contributed by atoms with E-state index in [2.05, 4.69) is 23.6 Å². The van der Waals surface area contributed by atoms with Gasteiger partial charge in [0.15, 0.2) is 16.6 Å². The molecule has 0 aliphatic heterocycles. The van der Waals surface area contributed by atoms with E-state index < -0.39 is 0 Å². The summed E-state index contributed by atoms with van der Waals surface area (Å²) >= 11 is 5.32. The molecule has 0 atom stereocenters. The van der Waals surface area contributed by atoms with E-state index in [-0.39, 0.29) is 0 Å². The van der Waals surface area contributed by atoms with Crippen LogP contribution in [0, 0.1) is 0 Å². The van der Waals surface area contributed by atoms with Crippen LogP contribution in [-0.4, -0.2) is 25.4 Å². The van der Waals surface area contributed by atoms with E-state index in [0.29, 0.717) is 18.3 Å². The highest BCUT2D eigenvalue weighted by Gasteiger charge is 2.04.